The summed E-state index contributed by atoms with van der Waals surface area (Å²) in [4.78, 5) is 0. The van der Waals surface area contributed by atoms with Crippen LogP contribution in [-0.4, -0.2) is 5.75 Å². The SMILES string of the molecule is c1coc([C]2CCCS2)c1. The molecule has 1 fully saturated rings. The summed E-state index contributed by atoms with van der Waals surface area (Å²) in [5.74, 6) is 2.33. The number of thioether (sulfide) groups is 1. The van der Waals surface area contributed by atoms with Gasteiger partial charge >= 0.3 is 0 Å². The van der Waals surface area contributed by atoms with Crippen LogP contribution in [0.25, 0.3) is 0 Å². The first-order valence-corrected chi connectivity index (χ1v) is 4.48. The van der Waals surface area contributed by atoms with Crippen LogP contribution >= 0.6 is 11.8 Å². The quantitative estimate of drug-likeness (QED) is 0.615. The van der Waals surface area contributed by atoms with Crippen LogP contribution in [0.4, 0.5) is 0 Å². The molecule has 2 heteroatoms. The lowest BCUT2D eigenvalue weighted by Gasteiger charge is -2.00. The van der Waals surface area contributed by atoms with Crippen molar-refractivity contribution in [3.8, 4) is 0 Å². The lowest BCUT2D eigenvalue weighted by atomic mass is 10.2. The van der Waals surface area contributed by atoms with Crippen molar-refractivity contribution in [3.05, 3.63) is 29.4 Å². The van der Waals surface area contributed by atoms with Gasteiger partial charge in [-0.25, -0.2) is 0 Å². The minimum Gasteiger partial charge on any atom is -0.468 e. The van der Waals surface area contributed by atoms with E-state index in [2.05, 4.69) is 0 Å². The Kier molecular flexibility index (Phi) is 1.72. The molecular formula is C8H9OS. The predicted octanol–water partition coefficient (Wildman–Crippen LogP) is 2.69. The van der Waals surface area contributed by atoms with Crippen molar-refractivity contribution in [2.24, 2.45) is 0 Å². The third-order valence-corrected chi connectivity index (χ3v) is 2.87. The highest BCUT2D eigenvalue weighted by atomic mass is 32.2. The Bertz CT molecular complexity index is 187. The van der Waals surface area contributed by atoms with Crippen LogP contribution in [0.15, 0.2) is 22.8 Å². The maximum atomic E-state index is 5.26. The lowest BCUT2D eigenvalue weighted by Crippen LogP contribution is -1.83. The van der Waals surface area contributed by atoms with Gasteiger partial charge in [0.15, 0.2) is 0 Å². The predicted molar refractivity (Wildman–Crippen MR) is 42.7 cm³/mol. The molecule has 10 heavy (non-hydrogen) atoms. The molecule has 0 aliphatic carbocycles. The average molecular weight is 153 g/mol. The maximum absolute atomic E-state index is 5.26. The second-order valence-electron chi connectivity index (χ2n) is 2.35. The maximum Gasteiger partial charge on any atom is 0.121 e. The molecule has 0 aromatic carbocycles. The lowest BCUT2D eigenvalue weighted by molar-refractivity contribution is 0.532. The summed E-state index contributed by atoms with van der Waals surface area (Å²) in [5, 5.41) is 1.42. The van der Waals surface area contributed by atoms with E-state index >= 15 is 0 Å². The van der Waals surface area contributed by atoms with Crippen molar-refractivity contribution in [2.45, 2.75) is 12.8 Å². The van der Waals surface area contributed by atoms with Gasteiger partial charge in [0.25, 0.3) is 0 Å². The van der Waals surface area contributed by atoms with E-state index in [1.54, 1.807) is 6.26 Å². The van der Waals surface area contributed by atoms with Crippen molar-refractivity contribution >= 4 is 11.8 Å². The Balaban J connectivity index is 2.12. The molecule has 0 N–H and O–H groups in total. The number of rotatable bonds is 1. The molecule has 53 valence electrons. The number of hydrogen-bond donors (Lipinski definition) is 0. The molecule has 0 saturated carbocycles. The smallest absolute Gasteiger partial charge is 0.121 e. The third kappa shape index (κ3) is 1.08. The Labute approximate surface area is 64.8 Å². The molecule has 1 aliphatic heterocycles. The minimum atomic E-state index is 1.07. The molecule has 1 nitrogen and oxygen atoms in total. The van der Waals surface area contributed by atoms with Crippen molar-refractivity contribution in [1.29, 1.82) is 0 Å². The first-order valence-electron chi connectivity index (χ1n) is 3.49. The van der Waals surface area contributed by atoms with Gasteiger partial charge < -0.3 is 4.42 Å². The van der Waals surface area contributed by atoms with Crippen LogP contribution in [0.1, 0.15) is 18.6 Å². The van der Waals surface area contributed by atoms with Crippen molar-refractivity contribution in [3.63, 3.8) is 0 Å². The van der Waals surface area contributed by atoms with E-state index in [0.717, 1.165) is 5.76 Å². The van der Waals surface area contributed by atoms with Gasteiger partial charge in [-0.15, -0.1) is 11.8 Å². The van der Waals surface area contributed by atoms with Gasteiger partial charge in [0.1, 0.15) is 5.76 Å². The summed E-state index contributed by atoms with van der Waals surface area (Å²) in [6.07, 6.45) is 4.25. The molecule has 0 amide bonds. The number of hydrogen-bond acceptors (Lipinski definition) is 2. The van der Waals surface area contributed by atoms with Gasteiger partial charge in [0.05, 0.1) is 11.5 Å². The second kappa shape index (κ2) is 2.70. The van der Waals surface area contributed by atoms with Crippen LogP contribution in [-0.2, 0) is 0 Å². The molecule has 0 bridgehead atoms. The Morgan fingerprint density at radius 2 is 2.50 bits per heavy atom. The van der Waals surface area contributed by atoms with E-state index in [9.17, 15) is 0 Å². The zero-order chi connectivity index (χ0) is 6.81. The monoisotopic (exact) mass is 153 g/mol. The Morgan fingerprint density at radius 3 is 3.10 bits per heavy atom. The molecule has 1 aromatic rings. The van der Waals surface area contributed by atoms with E-state index in [1.807, 2.05) is 23.9 Å². The molecule has 1 radical (unpaired) electrons. The highest BCUT2D eigenvalue weighted by molar-refractivity contribution is 8.02. The molecule has 1 aliphatic rings. The van der Waals surface area contributed by atoms with E-state index < -0.39 is 0 Å². The van der Waals surface area contributed by atoms with E-state index in [0.29, 0.717) is 0 Å². The van der Waals surface area contributed by atoms with E-state index in [4.69, 9.17) is 4.42 Å². The Morgan fingerprint density at radius 1 is 1.50 bits per heavy atom. The van der Waals surface area contributed by atoms with E-state index in [1.165, 1.54) is 23.8 Å². The summed E-state index contributed by atoms with van der Waals surface area (Å²) >= 11 is 1.92. The Hall–Kier alpha value is -0.370. The van der Waals surface area contributed by atoms with Crippen LogP contribution in [0.2, 0.25) is 0 Å². The normalized spacial score (nSPS) is 20.0. The van der Waals surface area contributed by atoms with Crippen molar-refractivity contribution < 1.29 is 4.42 Å². The summed E-state index contributed by atoms with van der Waals surface area (Å²) in [6, 6.07) is 3.98. The second-order valence-corrected chi connectivity index (χ2v) is 3.54. The van der Waals surface area contributed by atoms with Gasteiger partial charge in [-0.2, -0.15) is 0 Å². The van der Waals surface area contributed by atoms with Gasteiger partial charge in [0.2, 0.25) is 0 Å². The molecule has 1 saturated heterocycles. The van der Waals surface area contributed by atoms with Gasteiger partial charge in [-0.3, -0.25) is 0 Å². The highest BCUT2D eigenvalue weighted by Gasteiger charge is 2.20. The molecule has 0 atom stereocenters. The van der Waals surface area contributed by atoms with Gasteiger partial charge in [-0.1, -0.05) is 0 Å². The zero-order valence-corrected chi connectivity index (χ0v) is 6.49. The molecule has 2 heterocycles. The van der Waals surface area contributed by atoms with Crippen LogP contribution < -0.4 is 0 Å². The number of furan rings is 1. The summed E-state index contributed by atoms with van der Waals surface area (Å²) in [6.45, 7) is 0. The topological polar surface area (TPSA) is 13.1 Å². The van der Waals surface area contributed by atoms with Crippen LogP contribution in [0.5, 0.6) is 0 Å². The fraction of sp³-hybridized carbons (Fsp3) is 0.375. The zero-order valence-electron chi connectivity index (χ0n) is 5.67. The van der Waals surface area contributed by atoms with Crippen LogP contribution in [0, 0.1) is 5.25 Å². The van der Waals surface area contributed by atoms with E-state index in [-0.39, 0.29) is 0 Å². The summed E-state index contributed by atoms with van der Waals surface area (Å²) < 4.78 is 5.26. The molecule has 1 aromatic heterocycles. The largest absolute Gasteiger partial charge is 0.468 e. The fourth-order valence-electron chi connectivity index (χ4n) is 1.13. The van der Waals surface area contributed by atoms with Crippen molar-refractivity contribution in [2.75, 3.05) is 5.75 Å². The highest BCUT2D eigenvalue weighted by Crippen LogP contribution is 2.38. The first kappa shape index (κ1) is 6.35. The molecular weight excluding hydrogens is 144 g/mol. The summed E-state index contributed by atoms with van der Waals surface area (Å²) in [5.41, 5.74) is 0. The third-order valence-electron chi connectivity index (χ3n) is 1.62. The van der Waals surface area contributed by atoms with Crippen LogP contribution in [0.3, 0.4) is 0 Å². The van der Waals surface area contributed by atoms with Crippen molar-refractivity contribution in [1.82, 2.24) is 0 Å². The standard InChI is InChI=1S/C8H9OS/c1-3-7(9-5-1)8-4-2-6-10-8/h1,3,5H,2,4,6H2. The van der Waals surface area contributed by atoms with Gasteiger partial charge in [-0.05, 0) is 30.7 Å². The fourth-order valence-corrected chi connectivity index (χ4v) is 2.21. The minimum absolute atomic E-state index is 1.07. The first-order chi connectivity index (χ1) is 4.97. The molecule has 0 spiro atoms. The van der Waals surface area contributed by atoms with Gasteiger partial charge in [0, 0.05) is 0 Å². The molecule has 2 rings (SSSR count). The average Bonchev–Trinajstić information content (AvgIpc) is 2.59. The molecule has 0 unspecified atom stereocenters. The summed E-state index contributed by atoms with van der Waals surface area (Å²) in [7, 11) is 0.